The number of nitrogens with zero attached hydrogens (tertiary/aromatic N) is 2. The Balaban J connectivity index is 1.97. The zero-order chi connectivity index (χ0) is 13.5. The van der Waals surface area contributed by atoms with Gasteiger partial charge in [-0.2, -0.15) is 5.26 Å². The number of hydrogen-bond donors (Lipinski definition) is 0. The number of unbranched alkanes of at least 4 members (excludes halogenated alkanes) is 1. The van der Waals surface area contributed by atoms with Crippen LogP contribution in [0, 0.1) is 11.3 Å². The summed E-state index contributed by atoms with van der Waals surface area (Å²) in [5, 5.41) is 8.62. The Kier molecular flexibility index (Phi) is 5.23. The predicted molar refractivity (Wildman–Crippen MR) is 76.0 cm³/mol. The Morgan fingerprint density at radius 2 is 2.16 bits per heavy atom. The summed E-state index contributed by atoms with van der Waals surface area (Å²) in [6.45, 7) is 4.90. The Bertz CT molecular complexity index is 421. The summed E-state index contributed by atoms with van der Waals surface area (Å²) in [5.74, 6) is 0.945. The molecule has 1 aromatic carbocycles. The van der Waals surface area contributed by atoms with Crippen molar-refractivity contribution in [2.75, 3.05) is 19.7 Å². The van der Waals surface area contributed by atoms with Crippen molar-refractivity contribution in [2.24, 2.45) is 0 Å². The molecule has 102 valence electrons. The summed E-state index contributed by atoms with van der Waals surface area (Å²) in [6, 6.07) is 11.2. The van der Waals surface area contributed by atoms with E-state index in [4.69, 9.17) is 10.00 Å². The SMILES string of the molecule is CCOc1ccc([C@@H]2CCCN2CCCC#N)cc1. The normalized spacial score (nSPS) is 19.3. The molecule has 1 atom stereocenters. The third-order valence-electron chi connectivity index (χ3n) is 3.67. The van der Waals surface area contributed by atoms with Crippen LogP contribution in [0.2, 0.25) is 0 Å². The molecular weight excluding hydrogens is 236 g/mol. The molecule has 1 heterocycles. The van der Waals surface area contributed by atoms with E-state index >= 15 is 0 Å². The van der Waals surface area contributed by atoms with Crippen molar-refractivity contribution in [3.8, 4) is 11.8 Å². The van der Waals surface area contributed by atoms with Gasteiger partial charge in [0.1, 0.15) is 5.75 Å². The van der Waals surface area contributed by atoms with Gasteiger partial charge in [0.25, 0.3) is 0 Å². The molecule has 0 N–H and O–H groups in total. The van der Waals surface area contributed by atoms with E-state index in [1.165, 1.54) is 18.4 Å². The highest BCUT2D eigenvalue weighted by Gasteiger charge is 2.25. The fourth-order valence-corrected chi connectivity index (χ4v) is 2.79. The van der Waals surface area contributed by atoms with Gasteiger partial charge in [-0.05, 0) is 57.0 Å². The van der Waals surface area contributed by atoms with Crippen molar-refractivity contribution < 1.29 is 4.74 Å². The molecule has 0 aliphatic carbocycles. The first kappa shape index (κ1) is 13.9. The van der Waals surface area contributed by atoms with Crippen molar-refractivity contribution in [1.82, 2.24) is 4.90 Å². The molecule has 1 aliphatic rings. The molecule has 0 radical (unpaired) electrons. The maximum atomic E-state index is 8.62. The monoisotopic (exact) mass is 258 g/mol. The Morgan fingerprint density at radius 3 is 2.84 bits per heavy atom. The van der Waals surface area contributed by atoms with Crippen LogP contribution >= 0.6 is 0 Å². The first-order valence-corrected chi connectivity index (χ1v) is 7.19. The van der Waals surface area contributed by atoms with Gasteiger partial charge in [0, 0.05) is 12.5 Å². The number of likely N-dealkylation sites (tertiary alicyclic amines) is 1. The van der Waals surface area contributed by atoms with E-state index < -0.39 is 0 Å². The van der Waals surface area contributed by atoms with E-state index in [9.17, 15) is 0 Å². The van der Waals surface area contributed by atoms with Crippen LogP contribution in [0.4, 0.5) is 0 Å². The first-order valence-electron chi connectivity index (χ1n) is 7.19. The van der Waals surface area contributed by atoms with Crippen molar-refractivity contribution in [1.29, 1.82) is 5.26 Å². The van der Waals surface area contributed by atoms with Crippen LogP contribution in [-0.4, -0.2) is 24.6 Å². The van der Waals surface area contributed by atoms with Gasteiger partial charge in [-0.1, -0.05) is 12.1 Å². The number of nitriles is 1. The van der Waals surface area contributed by atoms with E-state index in [1.807, 2.05) is 6.92 Å². The highest BCUT2D eigenvalue weighted by molar-refractivity contribution is 5.29. The molecule has 1 aromatic rings. The van der Waals surface area contributed by atoms with Crippen molar-refractivity contribution in [3.63, 3.8) is 0 Å². The Labute approximate surface area is 115 Å². The lowest BCUT2D eigenvalue weighted by atomic mass is 10.0. The summed E-state index contributed by atoms with van der Waals surface area (Å²) in [4.78, 5) is 2.51. The number of rotatable bonds is 6. The van der Waals surface area contributed by atoms with Crippen LogP contribution in [0.15, 0.2) is 24.3 Å². The van der Waals surface area contributed by atoms with Crippen molar-refractivity contribution in [2.45, 2.75) is 38.6 Å². The second-order valence-electron chi connectivity index (χ2n) is 4.96. The average Bonchev–Trinajstić information content (AvgIpc) is 2.89. The van der Waals surface area contributed by atoms with E-state index in [0.29, 0.717) is 19.1 Å². The molecule has 3 nitrogen and oxygen atoms in total. The zero-order valence-corrected chi connectivity index (χ0v) is 11.6. The number of ether oxygens (including phenoxy) is 1. The van der Waals surface area contributed by atoms with E-state index in [0.717, 1.165) is 25.3 Å². The van der Waals surface area contributed by atoms with Crippen LogP contribution in [0.25, 0.3) is 0 Å². The maximum Gasteiger partial charge on any atom is 0.119 e. The van der Waals surface area contributed by atoms with Gasteiger partial charge in [-0.25, -0.2) is 0 Å². The first-order chi connectivity index (χ1) is 9.35. The average molecular weight is 258 g/mol. The Morgan fingerprint density at radius 1 is 1.37 bits per heavy atom. The Hall–Kier alpha value is -1.53. The van der Waals surface area contributed by atoms with Gasteiger partial charge in [-0.3, -0.25) is 4.90 Å². The van der Waals surface area contributed by atoms with Gasteiger partial charge in [0.2, 0.25) is 0 Å². The lowest BCUT2D eigenvalue weighted by Gasteiger charge is -2.24. The lowest BCUT2D eigenvalue weighted by Crippen LogP contribution is -2.24. The largest absolute Gasteiger partial charge is 0.494 e. The standard InChI is InChI=1S/C16H22N2O/c1-2-19-15-9-7-14(8-10-15)16-6-5-13-18(16)12-4-3-11-17/h7-10,16H,2-6,12-13H2,1H3/t16-/m0/s1. The molecule has 1 aliphatic heterocycles. The fraction of sp³-hybridized carbons (Fsp3) is 0.562. The molecule has 3 heteroatoms. The van der Waals surface area contributed by atoms with Gasteiger partial charge < -0.3 is 4.74 Å². The molecule has 19 heavy (non-hydrogen) atoms. The predicted octanol–water partition coefficient (Wildman–Crippen LogP) is 3.53. The second-order valence-corrected chi connectivity index (χ2v) is 4.96. The molecule has 0 amide bonds. The van der Waals surface area contributed by atoms with Crippen LogP contribution in [0.3, 0.4) is 0 Å². The summed E-state index contributed by atoms with van der Waals surface area (Å²) in [6.07, 6.45) is 4.11. The minimum absolute atomic E-state index is 0.523. The highest BCUT2D eigenvalue weighted by atomic mass is 16.5. The number of hydrogen-bond acceptors (Lipinski definition) is 3. The molecule has 0 saturated carbocycles. The molecule has 0 aromatic heterocycles. The van der Waals surface area contributed by atoms with Crippen molar-refractivity contribution >= 4 is 0 Å². The number of benzene rings is 1. The molecule has 0 bridgehead atoms. The smallest absolute Gasteiger partial charge is 0.119 e. The topological polar surface area (TPSA) is 36.3 Å². The van der Waals surface area contributed by atoms with Gasteiger partial charge in [0.15, 0.2) is 0 Å². The quantitative estimate of drug-likeness (QED) is 0.732. The summed E-state index contributed by atoms with van der Waals surface area (Å²) in [7, 11) is 0. The third kappa shape index (κ3) is 3.71. The summed E-state index contributed by atoms with van der Waals surface area (Å²) >= 11 is 0. The van der Waals surface area contributed by atoms with Crippen LogP contribution < -0.4 is 4.74 Å². The minimum atomic E-state index is 0.523. The van der Waals surface area contributed by atoms with E-state index in [2.05, 4.69) is 35.2 Å². The zero-order valence-electron chi connectivity index (χ0n) is 11.6. The summed E-state index contributed by atoms with van der Waals surface area (Å²) in [5.41, 5.74) is 1.37. The van der Waals surface area contributed by atoms with Gasteiger partial charge in [0.05, 0.1) is 12.7 Å². The molecule has 1 fully saturated rings. The van der Waals surface area contributed by atoms with Crippen molar-refractivity contribution in [3.05, 3.63) is 29.8 Å². The molecule has 2 rings (SSSR count). The van der Waals surface area contributed by atoms with Gasteiger partial charge in [-0.15, -0.1) is 0 Å². The maximum absolute atomic E-state index is 8.62. The highest BCUT2D eigenvalue weighted by Crippen LogP contribution is 2.32. The van der Waals surface area contributed by atoms with E-state index in [-0.39, 0.29) is 0 Å². The molecule has 0 unspecified atom stereocenters. The van der Waals surface area contributed by atoms with E-state index in [1.54, 1.807) is 0 Å². The molecular formula is C16H22N2O. The van der Waals surface area contributed by atoms with Crippen LogP contribution in [-0.2, 0) is 0 Å². The minimum Gasteiger partial charge on any atom is -0.494 e. The van der Waals surface area contributed by atoms with Crippen LogP contribution in [0.1, 0.15) is 44.2 Å². The second kappa shape index (κ2) is 7.16. The van der Waals surface area contributed by atoms with Gasteiger partial charge >= 0.3 is 0 Å². The fourth-order valence-electron chi connectivity index (χ4n) is 2.79. The molecule has 1 saturated heterocycles. The third-order valence-corrected chi connectivity index (χ3v) is 3.67. The summed E-state index contributed by atoms with van der Waals surface area (Å²) < 4.78 is 5.48. The van der Waals surface area contributed by atoms with Crippen LogP contribution in [0.5, 0.6) is 5.75 Å². The lowest BCUT2D eigenvalue weighted by molar-refractivity contribution is 0.255. The molecule has 0 spiro atoms.